The zero-order valence-electron chi connectivity index (χ0n) is 11.2. The summed E-state index contributed by atoms with van der Waals surface area (Å²) in [6.07, 6.45) is 0. The number of hydrogen-bond acceptors (Lipinski definition) is 3. The highest BCUT2D eigenvalue weighted by Gasteiger charge is 2.38. The van der Waals surface area contributed by atoms with Crippen LogP contribution in [0.2, 0.25) is 5.02 Å². The smallest absolute Gasteiger partial charge is 0.283 e. The summed E-state index contributed by atoms with van der Waals surface area (Å²) >= 11 is 11.8. The Balaban J connectivity index is 1.90. The van der Waals surface area contributed by atoms with Crippen molar-refractivity contribution in [2.75, 3.05) is 10.2 Å². The zero-order chi connectivity index (χ0) is 15.7. The van der Waals surface area contributed by atoms with E-state index < -0.39 is 11.8 Å². The molecule has 22 heavy (non-hydrogen) atoms. The van der Waals surface area contributed by atoms with E-state index in [4.69, 9.17) is 23.2 Å². The van der Waals surface area contributed by atoms with Crippen LogP contribution in [0.25, 0.3) is 0 Å². The van der Waals surface area contributed by atoms with Crippen LogP contribution in [0, 0.1) is 0 Å². The molecule has 0 saturated heterocycles. The molecule has 0 spiro atoms. The van der Waals surface area contributed by atoms with Gasteiger partial charge in [0.25, 0.3) is 11.8 Å². The molecule has 1 aliphatic heterocycles. The summed E-state index contributed by atoms with van der Waals surface area (Å²) in [6, 6.07) is 15.4. The Hall–Kier alpha value is -2.30. The molecule has 1 heterocycles. The monoisotopic (exact) mass is 332 g/mol. The van der Waals surface area contributed by atoms with Crippen LogP contribution in [0.3, 0.4) is 0 Å². The van der Waals surface area contributed by atoms with Gasteiger partial charge in [-0.3, -0.25) is 9.59 Å². The molecular weight excluding hydrogens is 323 g/mol. The van der Waals surface area contributed by atoms with Crippen molar-refractivity contribution in [3.05, 3.63) is 70.3 Å². The number of rotatable bonds is 3. The summed E-state index contributed by atoms with van der Waals surface area (Å²) in [5, 5.41) is 3.31. The lowest BCUT2D eigenvalue weighted by molar-refractivity contribution is -0.120. The molecule has 0 aromatic heterocycles. The van der Waals surface area contributed by atoms with Gasteiger partial charge in [-0.15, -0.1) is 0 Å². The molecule has 0 aliphatic carbocycles. The first-order chi connectivity index (χ1) is 10.6. The average Bonchev–Trinajstić information content (AvgIpc) is 2.74. The molecule has 2 amide bonds. The second-order valence-electron chi connectivity index (χ2n) is 4.60. The second-order valence-corrected chi connectivity index (χ2v) is 5.42. The summed E-state index contributed by atoms with van der Waals surface area (Å²) in [7, 11) is 0. The fourth-order valence-corrected chi connectivity index (χ4v) is 2.44. The maximum absolute atomic E-state index is 12.5. The van der Waals surface area contributed by atoms with Gasteiger partial charge in [0.1, 0.15) is 10.7 Å². The van der Waals surface area contributed by atoms with Gasteiger partial charge in [-0.25, -0.2) is 4.90 Å². The molecule has 0 radical (unpaired) electrons. The molecule has 1 N–H and O–H groups in total. The van der Waals surface area contributed by atoms with Crippen molar-refractivity contribution >= 4 is 46.4 Å². The Morgan fingerprint density at radius 3 is 2.09 bits per heavy atom. The number of imide groups is 1. The van der Waals surface area contributed by atoms with Gasteiger partial charge in [0.15, 0.2) is 0 Å². The molecule has 0 fully saturated rings. The SMILES string of the molecule is O=C1C(Cl)=C(Nc2ccc(Cl)cc2)C(=O)N1c1ccccc1. The van der Waals surface area contributed by atoms with Crippen molar-refractivity contribution in [3.63, 3.8) is 0 Å². The summed E-state index contributed by atoms with van der Waals surface area (Å²) in [4.78, 5) is 25.7. The minimum atomic E-state index is -0.547. The van der Waals surface area contributed by atoms with E-state index in [0.29, 0.717) is 16.4 Å². The van der Waals surface area contributed by atoms with Crippen molar-refractivity contribution < 1.29 is 9.59 Å². The molecule has 6 heteroatoms. The van der Waals surface area contributed by atoms with Gasteiger partial charge in [-0.05, 0) is 36.4 Å². The van der Waals surface area contributed by atoms with Gasteiger partial charge < -0.3 is 5.32 Å². The van der Waals surface area contributed by atoms with E-state index in [-0.39, 0.29) is 10.7 Å². The van der Waals surface area contributed by atoms with Gasteiger partial charge in [0.2, 0.25) is 0 Å². The molecule has 2 aromatic carbocycles. The van der Waals surface area contributed by atoms with Crippen LogP contribution in [0.5, 0.6) is 0 Å². The van der Waals surface area contributed by atoms with Gasteiger partial charge in [-0.1, -0.05) is 41.4 Å². The lowest BCUT2D eigenvalue weighted by Gasteiger charge is -2.14. The number of hydrogen-bond donors (Lipinski definition) is 1. The Morgan fingerprint density at radius 1 is 0.818 bits per heavy atom. The number of carbonyl (C=O) groups is 2. The molecule has 110 valence electrons. The van der Waals surface area contributed by atoms with Crippen LogP contribution in [0.4, 0.5) is 11.4 Å². The molecule has 0 bridgehead atoms. The predicted octanol–water partition coefficient (Wildman–Crippen LogP) is 3.78. The number of halogens is 2. The molecule has 0 unspecified atom stereocenters. The molecule has 0 atom stereocenters. The predicted molar refractivity (Wildman–Crippen MR) is 86.9 cm³/mol. The fraction of sp³-hybridized carbons (Fsp3) is 0. The quantitative estimate of drug-likeness (QED) is 0.870. The normalized spacial score (nSPS) is 14.7. The number of para-hydroxylation sites is 1. The molecular formula is C16H10Cl2N2O2. The summed E-state index contributed by atoms with van der Waals surface area (Å²) in [6.45, 7) is 0. The number of nitrogens with one attached hydrogen (secondary N) is 1. The lowest BCUT2D eigenvalue weighted by atomic mass is 10.3. The summed E-state index contributed by atoms with van der Waals surface area (Å²) in [5.41, 5.74) is 1.15. The Labute approximate surface area is 136 Å². The minimum Gasteiger partial charge on any atom is -0.350 e. The highest BCUT2D eigenvalue weighted by atomic mass is 35.5. The Morgan fingerprint density at radius 2 is 1.45 bits per heavy atom. The highest BCUT2D eigenvalue weighted by Crippen LogP contribution is 2.30. The van der Waals surface area contributed by atoms with E-state index in [9.17, 15) is 9.59 Å². The topological polar surface area (TPSA) is 49.4 Å². The maximum Gasteiger partial charge on any atom is 0.283 e. The molecule has 0 saturated carbocycles. The van der Waals surface area contributed by atoms with Crippen LogP contribution in [-0.4, -0.2) is 11.8 Å². The first kappa shape index (κ1) is 14.6. The first-order valence-electron chi connectivity index (χ1n) is 6.44. The first-order valence-corrected chi connectivity index (χ1v) is 7.20. The second kappa shape index (κ2) is 5.83. The lowest BCUT2D eigenvalue weighted by Crippen LogP contribution is -2.32. The van der Waals surface area contributed by atoms with Gasteiger partial charge in [0.05, 0.1) is 5.69 Å². The minimum absolute atomic E-state index is 0.0536. The van der Waals surface area contributed by atoms with Crippen LogP contribution >= 0.6 is 23.2 Å². The summed E-state index contributed by atoms with van der Waals surface area (Å²) in [5.74, 6) is -1.04. The van der Waals surface area contributed by atoms with Crippen molar-refractivity contribution in [2.24, 2.45) is 0 Å². The van der Waals surface area contributed by atoms with E-state index in [1.807, 2.05) is 0 Å². The van der Waals surface area contributed by atoms with Crippen LogP contribution in [-0.2, 0) is 9.59 Å². The molecule has 2 aromatic rings. The average molecular weight is 333 g/mol. The number of nitrogens with zero attached hydrogens (tertiary/aromatic N) is 1. The van der Waals surface area contributed by atoms with Gasteiger partial charge >= 0.3 is 0 Å². The molecule has 3 rings (SSSR count). The number of carbonyl (C=O) groups excluding carboxylic acids is 2. The largest absolute Gasteiger partial charge is 0.350 e. The van der Waals surface area contributed by atoms with Crippen LogP contribution in [0.15, 0.2) is 65.3 Å². The summed E-state index contributed by atoms with van der Waals surface area (Å²) < 4.78 is 0. The number of anilines is 2. The third kappa shape index (κ3) is 2.58. The van der Waals surface area contributed by atoms with E-state index in [0.717, 1.165) is 4.90 Å². The van der Waals surface area contributed by atoms with Crippen molar-refractivity contribution in [2.45, 2.75) is 0 Å². The third-order valence-electron chi connectivity index (χ3n) is 3.16. The maximum atomic E-state index is 12.5. The molecule has 1 aliphatic rings. The molecule has 4 nitrogen and oxygen atoms in total. The zero-order valence-corrected chi connectivity index (χ0v) is 12.7. The van der Waals surface area contributed by atoms with Crippen molar-refractivity contribution in [3.8, 4) is 0 Å². The van der Waals surface area contributed by atoms with E-state index >= 15 is 0 Å². The third-order valence-corrected chi connectivity index (χ3v) is 3.76. The van der Waals surface area contributed by atoms with E-state index in [2.05, 4.69) is 5.32 Å². The van der Waals surface area contributed by atoms with Crippen LogP contribution < -0.4 is 10.2 Å². The van der Waals surface area contributed by atoms with E-state index in [1.165, 1.54) is 0 Å². The highest BCUT2D eigenvalue weighted by molar-refractivity contribution is 6.53. The van der Waals surface area contributed by atoms with Crippen molar-refractivity contribution in [1.29, 1.82) is 0 Å². The Bertz CT molecular complexity index is 770. The van der Waals surface area contributed by atoms with Gasteiger partial charge in [0, 0.05) is 10.7 Å². The number of benzene rings is 2. The van der Waals surface area contributed by atoms with Crippen LogP contribution in [0.1, 0.15) is 0 Å². The van der Waals surface area contributed by atoms with Gasteiger partial charge in [-0.2, -0.15) is 0 Å². The Kier molecular flexibility index (Phi) is 3.88. The number of amides is 2. The van der Waals surface area contributed by atoms with Crippen molar-refractivity contribution in [1.82, 2.24) is 0 Å². The standard InChI is InChI=1S/C16H10Cl2N2O2/c17-10-6-8-11(9-7-10)19-14-13(18)15(21)20(16(14)22)12-4-2-1-3-5-12/h1-9,19H. The fourth-order valence-electron chi connectivity index (χ4n) is 2.10. The van der Waals surface area contributed by atoms with E-state index in [1.54, 1.807) is 54.6 Å².